The molecule has 26 heavy (non-hydrogen) atoms. The van der Waals surface area contributed by atoms with Crippen LogP contribution in [0.3, 0.4) is 0 Å². The number of carbonyl (C=O) groups is 2. The van der Waals surface area contributed by atoms with E-state index in [2.05, 4.69) is 27.8 Å². The predicted octanol–water partition coefficient (Wildman–Crippen LogP) is 2.77. The molecule has 1 aromatic rings. The minimum atomic E-state index is -0.856. The Kier molecular flexibility index (Phi) is 5.60. The maximum atomic E-state index is 12.5. The van der Waals surface area contributed by atoms with E-state index in [1.165, 1.54) is 11.3 Å². The van der Waals surface area contributed by atoms with Crippen molar-refractivity contribution in [2.75, 3.05) is 11.1 Å². The molecule has 2 amide bonds. The van der Waals surface area contributed by atoms with Crippen LogP contribution >= 0.6 is 23.1 Å². The van der Waals surface area contributed by atoms with Crippen molar-refractivity contribution in [1.29, 1.82) is 10.5 Å². The van der Waals surface area contributed by atoms with Crippen molar-refractivity contribution in [3.63, 3.8) is 0 Å². The van der Waals surface area contributed by atoms with E-state index in [1.54, 1.807) is 11.6 Å². The number of amides is 2. The predicted molar refractivity (Wildman–Crippen MR) is 98.6 cm³/mol. The molecule has 1 saturated carbocycles. The first-order valence-electron chi connectivity index (χ1n) is 8.28. The Labute approximate surface area is 159 Å². The topological polar surface area (TPSA) is 119 Å². The number of hydrogen-bond acceptors (Lipinski definition) is 7. The van der Waals surface area contributed by atoms with Crippen LogP contribution in [-0.2, 0) is 9.59 Å². The van der Waals surface area contributed by atoms with Crippen LogP contribution in [0.4, 0.5) is 5.13 Å². The van der Waals surface area contributed by atoms with Gasteiger partial charge in [0.15, 0.2) is 5.13 Å². The molecule has 134 valence electrons. The van der Waals surface area contributed by atoms with Gasteiger partial charge in [0.25, 0.3) is 0 Å². The lowest BCUT2D eigenvalue weighted by Gasteiger charge is -2.43. The zero-order chi connectivity index (χ0) is 18.6. The van der Waals surface area contributed by atoms with Gasteiger partial charge in [-0.2, -0.15) is 10.5 Å². The second-order valence-electron chi connectivity index (χ2n) is 6.26. The zero-order valence-electron chi connectivity index (χ0n) is 13.9. The number of nitriles is 2. The van der Waals surface area contributed by atoms with Crippen molar-refractivity contribution in [3.8, 4) is 12.1 Å². The van der Waals surface area contributed by atoms with Crippen LogP contribution in [0, 0.1) is 34.0 Å². The lowest BCUT2D eigenvalue weighted by molar-refractivity contribution is -0.126. The van der Waals surface area contributed by atoms with Gasteiger partial charge in [-0.3, -0.25) is 9.59 Å². The lowest BCUT2D eigenvalue weighted by Crippen LogP contribution is -2.48. The van der Waals surface area contributed by atoms with Gasteiger partial charge in [-0.15, -0.1) is 11.3 Å². The van der Waals surface area contributed by atoms with Crippen LogP contribution in [0.15, 0.2) is 22.2 Å². The second kappa shape index (κ2) is 7.90. The first-order chi connectivity index (χ1) is 12.6. The molecule has 3 rings (SSSR count). The minimum absolute atomic E-state index is 0.0493. The monoisotopic (exact) mass is 387 g/mol. The number of anilines is 1. The smallest absolute Gasteiger partial charge is 0.243 e. The van der Waals surface area contributed by atoms with Crippen molar-refractivity contribution in [2.45, 2.75) is 32.1 Å². The summed E-state index contributed by atoms with van der Waals surface area (Å²) in [5.74, 6) is -1.44. The molecule has 1 unspecified atom stereocenters. The quantitative estimate of drug-likeness (QED) is 0.820. The molecule has 2 aliphatic rings. The molecule has 1 spiro atoms. The van der Waals surface area contributed by atoms with E-state index < -0.39 is 11.3 Å². The highest BCUT2D eigenvalue weighted by atomic mass is 32.2. The Hall–Kier alpha value is -2.36. The van der Waals surface area contributed by atoms with Crippen LogP contribution in [0.5, 0.6) is 0 Å². The molecule has 1 aromatic heterocycles. The molecule has 0 radical (unpaired) electrons. The Morgan fingerprint density at radius 2 is 2.19 bits per heavy atom. The van der Waals surface area contributed by atoms with Crippen molar-refractivity contribution in [3.05, 3.63) is 22.2 Å². The van der Waals surface area contributed by atoms with Crippen molar-refractivity contribution < 1.29 is 9.59 Å². The molecule has 2 heterocycles. The Morgan fingerprint density at radius 3 is 2.81 bits per heavy atom. The van der Waals surface area contributed by atoms with E-state index in [4.69, 9.17) is 0 Å². The fraction of sp³-hybridized carbons (Fsp3) is 0.471. The second-order valence-corrected chi connectivity index (χ2v) is 8.14. The van der Waals surface area contributed by atoms with E-state index in [-0.39, 0.29) is 17.6 Å². The Morgan fingerprint density at radius 1 is 1.42 bits per heavy atom. The van der Waals surface area contributed by atoms with Gasteiger partial charge < -0.3 is 10.6 Å². The van der Waals surface area contributed by atoms with E-state index in [0.29, 0.717) is 28.6 Å². The van der Waals surface area contributed by atoms with Crippen LogP contribution in [0.2, 0.25) is 0 Å². The molecule has 0 saturated heterocycles. The molecule has 1 atom stereocenters. The fourth-order valence-corrected chi connectivity index (χ4v) is 5.08. The van der Waals surface area contributed by atoms with Gasteiger partial charge in [-0.1, -0.05) is 31.0 Å². The Balaban J connectivity index is 1.82. The molecule has 0 bridgehead atoms. The first kappa shape index (κ1) is 18.4. The number of nitrogens with one attached hydrogen (secondary N) is 2. The van der Waals surface area contributed by atoms with Crippen LogP contribution < -0.4 is 10.6 Å². The van der Waals surface area contributed by atoms with Crippen LogP contribution in [-0.4, -0.2) is 22.6 Å². The molecule has 1 aliphatic heterocycles. The average molecular weight is 387 g/mol. The van der Waals surface area contributed by atoms with Gasteiger partial charge in [-0.25, -0.2) is 4.98 Å². The van der Waals surface area contributed by atoms with Crippen molar-refractivity contribution in [1.82, 2.24) is 10.3 Å². The highest BCUT2D eigenvalue weighted by molar-refractivity contribution is 8.03. The highest BCUT2D eigenvalue weighted by Crippen LogP contribution is 2.51. The molecule has 0 aromatic carbocycles. The summed E-state index contributed by atoms with van der Waals surface area (Å²) in [6, 6.07) is 4.32. The number of carbonyl (C=O) groups excluding carboxylic acids is 2. The maximum absolute atomic E-state index is 12.5. The lowest BCUT2D eigenvalue weighted by atomic mass is 9.61. The molecular weight excluding hydrogens is 370 g/mol. The number of nitrogens with zero attached hydrogens (tertiary/aromatic N) is 3. The SMILES string of the molecule is N#CC1=C(SCC(=O)Nc2nccs2)NC(=O)C(C#N)C12CCCCC2. The average Bonchev–Trinajstić information content (AvgIpc) is 3.14. The molecule has 1 fully saturated rings. The van der Waals surface area contributed by atoms with Gasteiger partial charge in [-0.05, 0) is 12.8 Å². The summed E-state index contributed by atoms with van der Waals surface area (Å²) in [6.07, 6.45) is 5.71. The van der Waals surface area contributed by atoms with E-state index in [9.17, 15) is 20.1 Å². The van der Waals surface area contributed by atoms with Gasteiger partial charge in [0.05, 0.1) is 28.5 Å². The van der Waals surface area contributed by atoms with E-state index >= 15 is 0 Å². The number of aromatic nitrogens is 1. The van der Waals surface area contributed by atoms with Crippen molar-refractivity contribution >= 4 is 40.0 Å². The minimum Gasteiger partial charge on any atom is -0.319 e. The van der Waals surface area contributed by atoms with Gasteiger partial charge in [0, 0.05) is 17.0 Å². The molecule has 2 N–H and O–H groups in total. The Bertz CT molecular complexity index is 813. The van der Waals surface area contributed by atoms with Crippen LogP contribution in [0.25, 0.3) is 0 Å². The van der Waals surface area contributed by atoms with Gasteiger partial charge in [0.1, 0.15) is 5.92 Å². The summed E-state index contributed by atoms with van der Waals surface area (Å²) >= 11 is 2.44. The number of allylic oxidation sites excluding steroid dienone is 1. The standard InChI is InChI=1S/C17H17N5O2S2/c18-8-11-14(24)22-15(12(9-19)17(11)4-2-1-3-5-17)26-10-13(23)21-16-20-6-7-25-16/h6-7,11H,1-5,10H2,(H,22,24)(H,20,21,23). The summed E-state index contributed by atoms with van der Waals surface area (Å²) in [5, 5.41) is 27.3. The summed E-state index contributed by atoms with van der Waals surface area (Å²) in [7, 11) is 0. The van der Waals surface area contributed by atoms with Gasteiger partial charge >= 0.3 is 0 Å². The largest absolute Gasteiger partial charge is 0.319 e. The van der Waals surface area contributed by atoms with E-state index in [1.807, 2.05) is 0 Å². The third kappa shape index (κ3) is 3.46. The van der Waals surface area contributed by atoms with Crippen molar-refractivity contribution in [2.24, 2.45) is 11.3 Å². The molecule has 9 heteroatoms. The maximum Gasteiger partial charge on any atom is 0.243 e. The van der Waals surface area contributed by atoms with Crippen LogP contribution in [0.1, 0.15) is 32.1 Å². The molecular formula is C17H17N5O2S2. The molecule has 7 nitrogen and oxygen atoms in total. The number of thioether (sulfide) groups is 1. The third-order valence-corrected chi connectivity index (χ3v) is 6.48. The van der Waals surface area contributed by atoms with E-state index in [0.717, 1.165) is 31.0 Å². The summed E-state index contributed by atoms with van der Waals surface area (Å²) in [6.45, 7) is 0. The number of thiazole rings is 1. The zero-order valence-corrected chi connectivity index (χ0v) is 15.6. The fourth-order valence-electron chi connectivity index (χ4n) is 3.62. The summed E-state index contributed by atoms with van der Waals surface area (Å²) in [5.41, 5.74) is -0.284. The number of hydrogen-bond donors (Lipinski definition) is 2. The summed E-state index contributed by atoms with van der Waals surface area (Å²) < 4.78 is 0. The normalized spacial score (nSPS) is 21.6. The summed E-state index contributed by atoms with van der Waals surface area (Å²) in [4.78, 5) is 28.5. The first-order valence-corrected chi connectivity index (χ1v) is 10.1. The highest BCUT2D eigenvalue weighted by Gasteiger charge is 2.51. The molecule has 1 aliphatic carbocycles. The van der Waals surface area contributed by atoms with Gasteiger partial charge in [0.2, 0.25) is 11.8 Å². The number of rotatable bonds is 4. The third-order valence-electron chi connectivity index (χ3n) is 4.79.